The molecule has 4 aromatic rings. The highest BCUT2D eigenvalue weighted by Gasteiger charge is 2.17. The first-order valence-electron chi connectivity index (χ1n) is 10.2. The zero-order valence-electron chi connectivity index (χ0n) is 18.2. The summed E-state index contributed by atoms with van der Waals surface area (Å²) in [6.07, 6.45) is 3.41. The lowest BCUT2D eigenvalue weighted by molar-refractivity contribution is 0.102. The minimum atomic E-state index is -0.446. The number of hydrogen-bond donors (Lipinski definition) is 3. The molecule has 33 heavy (non-hydrogen) atoms. The smallest absolute Gasteiger partial charge is 0.324 e. The van der Waals surface area contributed by atoms with E-state index in [2.05, 4.69) is 31.1 Å². The van der Waals surface area contributed by atoms with Crippen LogP contribution in [0.1, 0.15) is 40.9 Å². The van der Waals surface area contributed by atoms with E-state index in [1.54, 1.807) is 49.6 Å². The van der Waals surface area contributed by atoms with E-state index in [0.29, 0.717) is 33.5 Å². The monoisotopic (exact) mass is 462 g/mol. The maximum atomic E-state index is 12.7. The molecular formula is C23H22N6O3S. The van der Waals surface area contributed by atoms with Crippen LogP contribution in [0.25, 0.3) is 10.6 Å². The van der Waals surface area contributed by atoms with Crippen LogP contribution in [0.15, 0.2) is 59.4 Å². The molecule has 3 N–H and O–H groups in total. The standard InChI is InChI=1S/C23H22N6O3S/c1-13(2)18-11-19(29-32-18)28-23(31)27-17-8-6-16(7-9-17)26-21(30)20-14(3)25-22(33-20)15-5-4-10-24-12-15/h4-13H,1-3H3,(H,26,30)(H2,27,28,29,31). The Hall–Kier alpha value is -4.05. The molecule has 0 aliphatic rings. The number of thiazole rings is 1. The van der Waals surface area contributed by atoms with E-state index in [-0.39, 0.29) is 11.8 Å². The lowest BCUT2D eigenvalue weighted by Gasteiger charge is -2.07. The largest absolute Gasteiger partial charge is 0.359 e. The molecule has 0 aliphatic heterocycles. The minimum Gasteiger partial charge on any atom is -0.359 e. The molecule has 0 saturated carbocycles. The topological polar surface area (TPSA) is 122 Å². The third kappa shape index (κ3) is 5.42. The number of rotatable bonds is 6. The summed E-state index contributed by atoms with van der Waals surface area (Å²) < 4.78 is 5.16. The highest BCUT2D eigenvalue weighted by atomic mass is 32.1. The van der Waals surface area contributed by atoms with Crippen molar-refractivity contribution in [2.75, 3.05) is 16.0 Å². The summed E-state index contributed by atoms with van der Waals surface area (Å²) in [4.78, 5) is 34.0. The van der Waals surface area contributed by atoms with Gasteiger partial charge in [0.15, 0.2) is 5.82 Å². The fraction of sp³-hybridized carbons (Fsp3) is 0.174. The Morgan fingerprint density at radius 3 is 2.39 bits per heavy atom. The van der Waals surface area contributed by atoms with Crippen molar-refractivity contribution < 1.29 is 14.1 Å². The van der Waals surface area contributed by atoms with E-state index in [0.717, 1.165) is 10.6 Å². The molecule has 0 radical (unpaired) electrons. The second-order valence-corrected chi connectivity index (χ2v) is 8.55. The average Bonchev–Trinajstić information content (AvgIpc) is 3.42. The lowest BCUT2D eigenvalue weighted by atomic mass is 10.2. The number of nitrogens with one attached hydrogen (secondary N) is 3. The van der Waals surface area contributed by atoms with Gasteiger partial charge >= 0.3 is 6.03 Å². The molecule has 1 aromatic carbocycles. The molecule has 0 bridgehead atoms. The molecule has 0 fully saturated rings. The van der Waals surface area contributed by atoms with Crippen molar-refractivity contribution in [2.45, 2.75) is 26.7 Å². The van der Waals surface area contributed by atoms with Crippen LogP contribution in [0.2, 0.25) is 0 Å². The first-order valence-corrected chi connectivity index (χ1v) is 11.0. The molecule has 4 rings (SSSR count). The Morgan fingerprint density at radius 1 is 1.03 bits per heavy atom. The maximum Gasteiger partial charge on any atom is 0.324 e. The normalized spacial score (nSPS) is 10.8. The first kappa shape index (κ1) is 22.2. The molecular weight excluding hydrogens is 440 g/mol. The molecule has 0 spiro atoms. The number of urea groups is 1. The van der Waals surface area contributed by atoms with Gasteiger partial charge in [0, 0.05) is 41.3 Å². The summed E-state index contributed by atoms with van der Waals surface area (Å²) >= 11 is 1.31. The van der Waals surface area contributed by atoms with Crippen LogP contribution in [0.5, 0.6) is 0 Å². The molecule has 0 unspecified atom stereocenters. The fourth-order valence-electron chi connectivity index (χ4n) is 2.94. The summed E-state index contributed by atoms with van der Waals surface area (Å²) in [7, 11) is 0. The molecule has 0 saturated heterocycles. The van der Waals surface area contributed by atoms with Gasteiger partial charge in [0.25, 0.3) is 5.91 Å². The first-order chi connectivity index (χ1) is 15.9. The maximum absolute atomic E-state index is 12.7. The van der Waals surface area contributed by atoms with Crippen molar-refractivity contribution in [1.29, 1.82) is 0 Å². The number of amides is 3. The number of aromatic nitrogens is 3. The summed E-state index contributed by atoms with van der Waals surface area (Å²) in [5.74, 6) is 0.958. The number of benzene rings is 1. The molecule has 3 heterocycles. The molecule has 0 aliphatic carbocycles. The Kier molecular flexibility index (Phi) is 6.45. The van der Waals surface area contributed by atoms with E-state index in [1.807, 2.05) is 26.0 Å². The van der Waals surface area contributed by atoms with Crippen LogP contribution >= 0.6 is 11.3 Å². The second-order valence-electron chi connectivity index (χ2n) is 7.56. The van der Waals surface area contributed by atoms with Crippen molar-refractivity contribution in [3.8, 4) is 10.6 Å². The van der Waals surface area contributed by atoms with Gasteiger partial charge in [-0.2, -0.15) is 0 Å². The Bertz CT molecular complexity index is 1270. The van der Waals surface area contributed by atoms with Gasteiger partial charge in [-0.25, -0.2) is 9.78 Å². The Labute approximate surface area is 194 Å². The van der Waals surface area contributed by atoms with Crippen LogP contribution < -0.4 is 16.0 Å². The molecule has 10 heteroatoms. The molecule has 3 amide bonds. The quantitative estimate of drug-likeness (QED) is 0.347. The van der Waals surface area contributed by atoms with E-state index in [1.165, 1.54) is 11.3 Å². The van der Waals surface area contributed by atoms with Crippen LogP contribution in [0.3, 0.4) is 0 Å². The van der Waals surface area contributed by atoms with Gasteiger partial charge in [-0.15, -0.1) is 11.3 Å². The SMILES string of the molecule is Cc1nc(-c2cccnc2)sc1C(=O)Nc1ccc(NC(=O)Nc2cc(C(C)C)on2)cc1. The fourth-order valence-corrected chi connectivity index (χ4v) is 3.90. The van der Waals surface area contributed by atoms with Crippen molar-refractivity contribution in [2.24, 2.45) is 0 Å². The number of aryl methyl sites for hydroxylation is 1. The summed E-state index contributed by atoms with van der Waals surface area (Å²) in [6, 6.07) is 11.8. The number of carbonyl (C=O) groups excluding carboxylic acids is 2. The van der Waals surface area contributed by atoms with E-state index in [4.69, 9.17) is 4.52 Å². The van der Waals surface area contributed by atoms with Crippen molar-refractivity contribution in [3.63, 3.8) is 0 Å². The second kappa shape index (κ2) is 9.61. The van der Waals surface area contributed by atoms with Gasteiger partial charge in [-0.3, -0.25) is 15.1 Å². The van der Waals surface area contributed by atoms with Crippen molar-refractivity contribution >= 4 is 40.5 Å². The third-order valence-electron chi connectivity index (χ3n) is 4.65. The van der Waals surface area contributed by atoms with Gasteiger partial charge in [0.1, 0.15) is 15.6 Å². The minimum absolute atomic E-state index is 0.176. The van der Waals surface area contributed by atoms with Crippen LogP contribution in [0, 0.1) is 6.92 Å². The van der Waals surface area contributed by atoms with Crippen LogP contribution in [0.4, 0.5) is 22.0 Å². The summed E-state index contributed by atoms with van der Waals surface area (Å²) in [5, 5.41) is 12.8. The van der Waals surface area contributed by atoms with Crippen LogP contribution in [-0.2, 0) is 0 Å². The number of hydrogen-bond acceptors (Lipinski definition) is 7. The average molecular weight is 463 g/mol. The lowest BCUT2D eigenvalue weighted by Crippen LogP contribution is -2.19. The van der Waals surface area contributed by atoms with Gasteiger partial charge in [-0.1, -0.05) is 19.0 Å². The third-order valence-corrected chi connectivity index (χ3v) is 5.86. The zero-order valence-corrected chi connectivity index (χ0v) is 19.1. The van der Waals surface area contributed by atoms with Crippen LogP contribution in [-0.4, -0.2) is 27.1 Å². The summed E-state index contributed by atoms with van der Waals surface area (Å²) in [5.41, 5.74) is 2.68. The molecule has 9 nitrogen and oxygen atoms in total. The number of carbonyl (C=O) groups is 2. The van der Waals surface area contributed by atoms with Crippen molar-refractivity contribution in [1.82, 2.24) is 15.1 Å². The van der Waals surface area contributed by atoms with E-state index in [9.17, 15) is 9.59 Å². The van der Waals surface area contributed by atoms with Crippen molar-refractivity contribution in [3.05, 3.63) is 71.2 Å². The van der Waals surface area contributed by atoms with Gasteiger partial charge in [-0.05, 0) is 43.3 Å². The molecule has 168 valence electrons. The Balaban J connectivity index is 1.36. The number of pyridine rings is 1. The van der Waals surface area contributed by atoms with Gasteiger partial charge in [0.2, 0.25) is 0 Å². The number of anilines is 3. The zero-order chi connectivity index (χ0) is 23.4. The predicted molar refractivity (Wildman–Crippen MR) is 128 cm³/mol. The Morgan fingerprint density at radius 2 is 1.76 bits per heavy atom. The van der Waals surface area contributed by atoms with E-state index >= 15 is 0 Å². The van der Waals surface area contributed by atoms with E-state index < -0.39 is 6.03 Å². The van der Waals surface area contributed by atoms with Gasteiger partial charge in [0.05, 0.1) is 5.69 Å². The highest BCUT2D eigenvalue weighted by molar-refractivity contribution is 7.17. The highest BCUT2D eigenvalue weighted by Crippen LogP contribution is 2.28. The molecule has 0 atom stereocenters. The predicted octanol–water partition coefficient (Wildman–Crippen LogP) is 5.52. The molecule has 3 aromatic heterocycles. The number of nitrogens with zero attached hydrogens (tertiary/aromatic N) is 3. The summed E-state index contributed by atoms with van der Waals surface area (Å²) in [6.45, 7) is 5.75. The van der Waals surface area contributed by atoms with Gasteiger partial charge < -0.3 is 15.2 Å².